The number of benzene rings is 2. The zero-order chi connectivity index (χ0) is 11.8. The Morgan fingerprint density at radius 3 is 2.47 bits per heavy atom. The van der Waals surface area contributed by atoms with Crippen molar-refractivity contribution in [2.45, 2.75) is 6.92 Å². The SMILES string of the molecule is Cc1ccccc1-c1c(N)[nH]c2ccccc12. The number of H-pyrrole nitrogens is 1. The summed E-state index contributed by atoms with van der Waals surface area (Å²) >= 11 is 0. The molecule has 3 rings (SSSR count). The van der Waals surface area contributed by atoms with Crippen molar-refractivity contribution in [3.8, 4) is 11.1 Å². The molecule has 0 radical (unpaired) electrons. The Kier molecular flexibility index (Phi) is 2.15. The Balaban J connectivity index is 2.38. The lowest BCUT2D eigenvalue weighted by Gasteiger charge is -2.05. The van der Waals surface area contributed by atoms with Crippen LogP contribution in [0, 0.1) is 6.92 Å². The third-order valence-corrected chi connectivity index (χ3v) is 3.15. The lowest BCUT2D eigenvalue weighted by molar-refractivity contribution is 1.44. The normalized spacial score (nSPS) is 10.9. The van der Waals surface area contributed by atoms with Crippen LogP contribution in [0.2, 0.25) is 0 Å². The topological polar surface area (TPSA) is 41.8 Å². The van der Waals surface area contributed by atoms with Gasteiger partial charge in [0.05, 0.1) is 0 Å². The van der Waals surface area contributed by atoms with Gasteiger partial charge in [0.1, 0.15) is 5.82 Å². The molecule has 0 saturated carbocycles. The number of rotatable bonds is 1. The molecule has 0 spiro atoms. The average Bonchev–Trinajstić information content (AvgIpc) is 2.66. The first-order valence-electron chi connectivity index (χ1n) is 5.69. The average molecular weight is 222 g/mol. The van der Waals surface area contributed by atoms with E-state index in [1.165, 1.54) is 16.5 Å². The molecule has 0 aliphatic heterocycles. The van der Waals surface area contributed by atoms with Crippen molar-refractivity contribution in [3.63, 3.8) is 0 Å². The molecule has 0 bridgehead atoms. The van der Waals surface area contributed by atoms with Gasteiger partial charge in [-0.15, -0.1) is 0 Å². The summed E-state index contributed by atoms with van der Waals surface area (Å²) in [6, 6.07) is 16.5. The monoisotopic (exact) mass is 222 g/mol. The molecule has 2 heteroatoms. The van der Waals surface area contributed by atoms with E-state index < -0.39 is 0 Å². The van der Waals surface area contributed by atoms with Gasteiger partial charge in [0.2, 0.25) is 0 Å². The van der Waals surface area contributed by atoms with Crippen LogP contribution in [0.4, 0.5) is 5.82 Å². The van der Waals surface area contributed by atoms with Crippen LogP contribution in [0.15, 0.2) is 48.5 Å². The first kappa shape index (κ1) is 9.97. The number of fused-ring (bicyclic) bond motifs is 1. The number of hydrogen-bond acceptors (Lipinski definition) is 1. The quantitative estimate of drug-likeness (QED) is 0.647. The van der Waals surface area contributed by atoms with E-state index in [1.807, 2.05) is 30.3 Å². The molecule has 2 aromatic carbocycles. The second kappa shape index (κ2) is 3.67. The summed E-state index contributed by atoms with van der Waals surface area (Å²) in [5.41, 5.74) is 10.7. The maximum Gasteiger partial charge on any atom is 0.109 e. The Bertz CT molecular complexity index is 680. The number of para-hydroxylation sites is 1. The second-order valence-electron chi connectivity index (χ2n) is 4.27. The van der Waals surface area contributed by atoms with Crippen LogP contribution < -0.4 is 5.73 Å². The number of aromatic nitrogens is 1. The zero-order valence-electron chi connectivity index (χ0n) is 9.70. The molecule has 3 N–H and O–H groups in total. The lowest BCUT2D eigenvalue weighted by atomic mass is 9.99. The third kappa shape index (κ3) is 1.49. The Hall–Kier alpha value is -2.22. The molecule has 3 aromatic rings. The van der Waals surface area contributed by atoms with Crippen LogP contribution in [-0.4, -0.2) is 4.98 Å². The van der Waals surface area contributed by atoms with E-state index in [-0.39, 0.29) is 0 Å². The van der Waals surface area contributed by atoms with Gasteiger partial charge < -0.3 is 10.7 Å². The second-order valence-corrected chi connectivity index (χ2v) is 4.27. The number of hydrogen-bond donors (Lipinski definition) is 2. The van der Waals surface area contributed by atoms with Crippen LogP contribution in [-0.2, 0) is 0 Å². The molecule has 17 heavy (non-hydrogen) atoms. The summed E-state index contributed by atoms with van der Waals surface area (Å²) in [6.07, 6.45) is 0. The van der Waals surface area contributed by atoms with Crippen molar-refractivity contribution < 1.29 is 0 Å². The largest absolute Gasteiger partial charge is 0.385 e. The van der Waals surface area contributed by atoms with Crippen molar-refractivity contribution in [1.29, 1.82) is 0 Å². The molecular formula is C15H14N2. The van der Waals surface area contributed by atoms with Gasteiger partial charge >= 0.3 is 0 Å². The molecule has 0 fully saturated rings. The smallest absolute Gasteiger partial charge is 0.109 e. The fraction of sp³-hybridized carbons (Fsp3) is 0.0667. The van der Waals surface area contributed by atoms with Gasteiger partial charge in [-0.1, -0.05) is 42.5 Å². The number of nitrogen functional groups attached to an aromatic ring is 1. The first-order chi connectivity index (χ1) is 8.27. The number of aromatic amines is 1. The molecule has 0 aliphatic rings. The Morgan fingerprint density at radius 2 is 1.65 bits per heavy atom. The van der Waals surface area contributed by atoms with Crippen LogP contribution in [0.5, 0.6) is 0 Å². The van der Waals surface area contributed by atoms with Crippen LogP contribution in [0.25, 0.3) is 22.0 Å². The highest BCUT2D eigenvalue weighted by Crippen LogP contribution is 2.35. The van der Waals surface area contributed by atoms with E-state index in [0.29, 0.717) is 0 Å². The molecule has 0 aliphatic carbocycles. The molecule has 2 nitrogen and oxygen atoms in total. The van der Waals surface area contributed by atoms with Crippen LogP contribution in [0.1, 0.15) is 5.56 Å². The molecule has 1 aromatic heterocycles. The summed E-state index contributed by atoms with van der Waals surface area (Å²) in [6.45, 7) is 2.11. The first-order valence-corrected chi connectivity index (χ1v) is 5.69. The molecule has 84 valence electrons. The summed E-state index contributed by atoms with van der Waals surface area (Å²) in [5.74, 6) is 0.737. The highest BCUT2D eigenvalue weighted by Gasteiger charge is 2.11. The molecule has 1 heterocycles. The number of nitrogens with two attached hydrogens (primary N) is 1. The lowest BCUT2D eigenvalue weighted by Crippen LogP contribution is -1.89. The minimum Gasteiger partial charge on any atom is -0.385 e. The van der Waals surface area contributed by atoms with Crippen LogP contribution >= 0.6 is 0 Å². The summed E-state index contributed by atoms with van der Waals surface area (Å²) in [5, 5.41) is 1.18. The summed E-state index contributed by atoms with van der Waals surface area (Å²) in [4.78, 5) is 3.23. The maximum atomic E-state index is 6.10. The molecule has 0 amide bonds. The van der Waals surface area contributed by atoms with Crippen molar-refractivity contribution in [1.82, 2.24) is 4.98 Å². The Labute approximate surface area is 100 Å². The van der Waals surface area contributed by atoms with Gasteiger partial charge in [-0.05, 0) is 24.1 Å². The minimum atomic E-state index is 0.737. The highest BCUT2D eigenvalue weighted by molar-refractivity contribution is 6.02. The van der Waals surface area contributed by atoms with E-state index in [4.69, 9.17) is 5.73 Å². The van der Waals surface area contributed by atoms with Crippen molar-refractivity contribution >= 4 is 16.7 Å². The number of aryl methyl sites for hydroxylation is 1. The summed E-state index contributed by atoms with van der Waals surface area (Å²) in [7, 11) is 0. The van der Waals surface area contributed by atoms with E-state index in [1.54, 1.807) is 0 Å². The zero-order valence-corrected chi connectivity index (χ0v) is 9.70. The highest BCUT2D eigenvalue weighted by atomic mass is 14.9. The van der Waals surface area contributed by atoms with Gasteiger partial charge in [0.15, 0.2) is 0 Å². The fourth-order valence-corrected chi connectivity index (χ4v) is 2.31. The van der Waals surface area contributed by atoms with Gasteiger partial charge in [-0.2, -0.15) is 0 Å². The number of nitrogens with one attached hydrogen (secondary N) is 1. The molecule has 0 unspecified atom stereocenters. The molecule has 0 saturated heterocycles. The number of anilines is 1. The van der Waals surface area contributed by atoms with Crippen LogP contribution in [0.3, 0.4) is 0 Å². The van der Waals surface area contributed by atoms with Crippen molar-refractivity contribution in [2.75, 3.05) is 5.73 Å². The van der Waals surface area contributed by atoms with Crippen molar-refractivity contribution in [2.24, 2.45) is 0 Å². The predicted molar refractivity (Wildman–Crippen MR) is 72.9 cm³/mol. The fourth-order valence-electron chi connectivity index (χ4n) is 2.31. The van der Waals surface area contributed by atoms with Crippen molar-refractivity contribution in [3.05, 3.63) is 54.1 Å². The van der Waals surface area contributed by atoms with Gasteiger partial charge in [0, 0.05) is 16.5 Å². The maximum absolute atomic E-state index is 6.10. The van der Waals surface area contributed by atoms with E-state index in [0.717, 1.165) is 16.9 Å². The van der Waals surface area contributed by atoms with Gasteiger partial charge in [-0.3, -0.25) is 0 Å². The molecular weight excluding hydrogens is 208 g/mol. The van der Waals surface area contributed by atoms with E-state index in [2.05, 4.69) is 30.1 Å². The standard InChI is InChI=1S/C15H14N2/c1-10-6-2-3-7-11(10)14-12-8-4-5-9-13(12)17-15(14)16/h2-9,17H,16H2,1H3. The summed E-state index contributed by atoms with van der Waals surface area (Å²) < 4.78 is 0. The van der Waals surface area contributed by atoms with E-state index >= 15 is 0 Å². The molecule has 0 atom stereocenters. The minimum absolute atomic E-state index is 0.737. The van der Waals surface area contributed by atoms with Gasteiger partial charge in [0.25, 0.3) is 0 Å². The third-order valence-electron chi connectivity index (χ3n) is 3.15. The van der Waals surface area contributed by atoms with Gasteiger partial charge in [-0.25, -0.2) is 0 Å². The van der Waals surface area contributed by atoms with E-state index in [9.17, 15) is 0 Å². The predicted octanol–water partition coefficient (Wildman–Crippen LogP) is 3.73. The Morgan fingerprint density at radius 1 is 0.941 bits per heavy atom.